The summed E-state index contributed by atoms with van der Waals surface area (Å²) in [5.74, 6) is -0.215. The standard InChI is InChI=1S/C10H13ClFN3O/c1-10(2)6-16-4-3-15(10)8-7(12)5-13-9(11)14-8/h5H,3-4,6H2,1-2H3. The van der Waals surface area contributed by atoms with E-state index in [1.807, 2.05) is 18.7 Å². The van der Waals surface area contributed by atoms with Crippen LogP contribution in [0.2, 0.25) is 5.28 Å². The zero-order valence-corrected chi connectivity index (χ0v) is 9.96. The number of hydrogen-bond acceptors (Lipinski definition) is 4. The van der Waals surface area contributed by atoms with E-state index >= 15 is 0 Å². The Hall–Kier alpha value is -0.940. The number of rotatable bonds is 1. The van der Waals surface area contributed by atoms with Crippen molar-refractivity contribution >= 4 is 17.4 Å². The van der Waals surface area contributed by atoms with E-state index in [0.29, 0.717) is 19.8 Å². The lowest BCUT2D eigenvalue weighted by Gasteiger charge is -2.42. The summed E-state index contributed by atoms with van der Waals surface area (Å²) < 4.78 is 19.0. The first-order chi connectivity index (χ1) is 7.50. The monoisotopic (exact) mass is 245 g/mol. The van der Waals surface area contributed by atoms with Crippen molar-refractivity contribution in [3.05, 3.63) is 17.3 Å². The highest BCUT2D eigenvalue weighted by atomic mass is 35.5. The summed E-state index contributed by atoms with van der Waals surface area (Å²) in [5.41, 5.74) is -0.295. The molecule has 0 atom stereocenters. The van der Waals surface area contributed by atoms with E-state index in [2.05, 4.69) is 9.97 Å². The number of aromatic nitrogens is 2. The lowest BCUT2D eigenvalue weighted by molar-refractivity contribution is 0.0634. The first-order valence-corrected chi connectivity index (χ1v) is 5.42. The lowest BCUT2D eigenvalue weighted by Crippen LogP contribution is -2.53. The zero-order chi connectivity index (χ0) is 11.8. The molecule has 16 heavy (non-hydrogen) atoms. The van der Waals surface area contributed by atoms with Crippen LogP contribution >= 0.6 is 11.6 Å². The van der Waals surface area contributed by atoms with Crippen LogP contribution in [0.3, 0.4) is 0 Å². The Morgan fingerprint density at radius 1 is 1.56 bits per heavy atom. The number of nitrogens with zero attached hydrogens (tertiary/aromatic N) is 3. The minimum Gasteiger partial charge on any atom is -0.377 e. The molecule has 1 fully saturated rings. The fraction of sp³-hybridized carbons (Fsp3) is 0.600. The molecule has 0 bridgehead atoms. The number of morpholine rings is 1. The molecule has 0 spiro atoms. The molecule has 1 aliphatic heterocycles. The molecule has 1 aromatic heterocycles. The Balaban J connectivity index is 2.38. The molecular weight excluding hydrogens is 233 g/mol. The minimum atomic E-state index is -0.459. The van der Waals surface area contributed by atoms with Crippen molar-refractivity contribution < 1.29 is 9.13 Å². The van der Waals surface area contributed by atoms with Gasteiger partial charge in [0.05, 0.1) is 24.9 Å². The average Bonchev–Trinajstić information content (AvgIpc) is 2.22. The number of anilines is 1. The van der Waals surface area contributed by atoms with Crippen LogP contribution in [-0.4, -0.2) is 35.3 Å². The maximum Gasteiger partial charge on any atom is 0.224 e. The molecular formula is C10H13ClFN3O. The molecule has 0 amide bonds. The van der Waals surface area contributed by atoms with E-state index in [9.17, 15) is 4.39 Å². The van der Waals surface area contributed by atoms with Gasteiger partial charge in [0.1, 0.15) is 0 Å². The van der Waals surface area contributed by atoms with Crippen molar-refractivity contribution in [2.75, 3.05) is 24.7 Å². The van der Waals surface area contributed by atoms with Crippen molar-refractivity contribution in [1.82, 2.24) is 9.97 Å². The average molecular weight is 246 g/mol. The smallest absolute Gasteiger partial charge is 0.224 e. The second-order valence-corrected chi connectivity index (χ2v) is 4.67. The Bertz CT molecular complexity index is 400. The normalized spacial score (nSPS) is 19.9. The van der Waals surface area contributed by atoms with Gasteiger partial charge in [-0.1, -0.05) is 0 Å². The SMILES string of the molecule is CC1(C)COCCN1c1nc(Cl)ncc1F. The van der Waals surface area contributed by atoms with Crippen molar-refractivity contribution in [3.63, 3.8) is 0 Å². The fourth-order valence-electron chi connectivity index (χ4n) is 1.78. The third-order valence-corrected chi connectivity index (χ3v) is 2.78. The molecule has 1 aromatic rings. The largest absolute Gasteiger partial charge is 0.377 e. The summed E-state index contributed by atoms with van der Waals surface area (Å²) in [6, 6.07) is 0. The third kappa shape index (κ3) is 2.10. The molecule has 0 radical (unpaired) electrons. The second-order valence-electron chi connectivity index (χ2n) is 4.33. The molecule has 0 unspecified atom stereocenters. The number of ether oxygens (including phenoxy) is 1. The van der Waals surface area contributed by atoms with Gasteiger partial charge in [0.25, 0.3) is 0 Å². The molecule has 88 valence electrons. The molecule has 0 saturated carbocycles. The first kappa shape index (κ1) is 11.5. The van der Waals surface area contributed by atoms with E-state index < -0.39 is 5.82 Å². The lowest BCUT2D eigenvalue weighted by atomic mass is 10.0. The topological polar surface area (TPSA) is 38.2 Å². The molecule has 2 heterocycles. The van der Waals surface area contributed by atoms with Gasteiger partial charge < -0.3 is 9.64 Å². The van der Waals surface area contributed by atoms with Crippen LogP contribution in [0.5, 0.6) is 0 Å². The third-order valence-electron chi connectivity index (χ3n) is 2.60. The summed E-state index contributed by atoms with van der Waals surface area (Å²) in [6.45, 7) is 5.64. The Morgan fingerprint density at radius 3 is 3.00 bits per heavy atom. The van der Waals surface area contributed by atoms with Gasteiger partial charge in [-0.25, -0.2) is 9.37 Å². The molecule has 0 aromatic carbocycles. The Morgan fingerprint density at radius 2 is 2.31 bits per heavy atom. The fourth-order valence-corrected chi connectivity index (χ4v) is 1.91. The maximum absolute atomic E-state index is 13.6. The van der Waals surface area contributed by atoms with Crippen LogP contribution in [0.1, 0.15) is 13.8 Å². The highest BCUT2D eigenvalue weighted by Gasteiger charge is 2.33. The Labute approximate surface area is 98.4 Å². The van der Waals surface area contributed by atoms with Crippen LogP contribution < -0.4 is 4.90 Å². The highest BCUT2D eigenvalue weighted by Crippen LogP contribution is 2.27. The van der Waals surface area contributed by atoms with Crippen LogP contribution in [0.15, 0.2) is 6.20 Å². The van der Waals surface area contributed by atoms with Gasteiger partial charge >= 0.3 is 0 Å². The first-order valence-electron chi connectivity index (χ1n) is 5.04. The van der Waals surface area contributed by atoms with Gasteiger partial charge in [0.2, 0.25) is 5.28 Å². The Kier molecular flexibility index (Phi) is 2.99. The van der Waals surface area contributed by atoms with E-state index in [0.717, 1.165) is 6.20 Å². The van der Waals surface area contributed by atoms with E-state index in [1.165, 1.54) is 0 Å². The second kappa shape index (κ2) is 4.14. The van der Waals surface area contributed by atoms with Crippen molar-refractivity contribution in [2.45, 2.75) is 19.4 Å². The summed E-state index contributed by atoms with van der Waals surface area (Å²) in [7, 11) is 0. The molecule has 0 aliphatic carbocycles. The van der Waals surface area contributed by atoms with Gasteiger partial charge in [0, 0.05) is 6.54 Å². The van der Waals surface area contributed by atoms with Crippen LogP contribution in [0, 0.1) is 5.82 Å². The molecule has 0 N–H and O–H groups in total. The summed E-state index contributed by atoms with van der Waals surface area (Å²) in [5, 5.41) is 0.0543. The van der Waals surface area contributed by atoms with Crippen molar-refractivity contribution in [1.29, 1.82) is 0 Å². The van der Waals surface area contributed by atoms with Crippen molar-refractivity contribution in [3.8, 4) is 0 Å². The van der Waals surface area contributed by atoms with Gasteiger partial charge in [-0.2, -0.15) is 4.98 Å². The molecule has 1 aliphatic rings. The molecule has 1 saturated heterocycles. The molecule has 6 heteroatoms. The molecule has 2 rings (SSSR count). The zero-order valence-electron chi connectivity index (χ0n) is 9.20. The van der Waals surface area contributed by atoms with E-state index in [-0.39, 0.29) is 16.6 Å². The predicted molar refractivity (Wildman–Crippen MR) is 59.2 cm³/mol. The number of halogens is 2. The number of hydrogen-bond donors (Lipinski definition) is 0. The molecule has 4 nitrogen and oxygen atoms in total. The van der Waals surface area contributed by atoms with Gasteiger partial charge in [0.15, 0.2) is 11.6 Å². The van der Waals surface area contributed by atoms with Crippen LogP contribution in [-0.2, 0) is 4.74 Å². The van der Waals surface area contributed by atoms with Crippen LogP contribution in [0.25, 0.3) is 0 Å². The summed E-state index contributed by atoms with van der Waals surface area (Å²) >= 11 is 5.68. The van der Waals surface area contributed by atoms with E-state index in [4.69, 9.17) is 16.3 Å². The highest BCUT2D eigenvalue weighted by molar-refractivity contribution is 6.28. The van der Waals surface area contributed by atoms with Gasteiger partial charge in [-0.3, -0.25) is 0 Å². The van der Waals surface area contributed by atoms with Crippen molar-refractivity contribution in [2.24, 2.45) is 0 Å². The quantitative estimate of drug-likeness (QED) is 0.709. The van der Waals surface area contributed by atoms with Gasteiger partial charge in [-0.05, 0) is 25.4 Å². The van der Waals surface area contributed by atoms with Gasteiger partial charge in [-0.15, -0.1) is 0 Å². The van der Waals surface area contributed by atoms with E-state index in [1.54, 1.807) is 0 Å². The summed E-state index contributed by atoms with van der Waals surface area (Å²) in [6.07, 6.45) is 1.09. The van der Waals surface area contributed by atoms with Crippen LogP contribution in [0.4, 0.5) is 10.2 Å². The summed E-state index contributed by atoms with van der Waals surface area (Å²) in [4.78, 5) is 9.41. The maximum atomic E-state index is 13.6. The predicted octanol–water partition coefficient (Wildman–Crippen LogP) is 1.88. The minimum absolute atomic E-state index is 0.0543.